The number of aromatic amines is 1. The van der Waals surface area contributed by atoms with Crippen molar-refractivity contribution in [2.75, 3.05) is 18.4 Å². The molecule has 0 saturated carbocycles. The van der Waals surface area contributed by atoms with Gasteiger partial charge in [0, 0.05) is 41.3 Å². The lowest BCUT2D eigenvalue weighted by Crippen LogP contribution is -2.51. The Labute approximate surface area is 272 Å². The van der Waals surface area contributed by atoms with E-state index in [1.807, 2.05) is 85.1 Å². The molecule has 5 aromatic rings. The molecule has 11 nitrogen and oxygen atoms in total. The number of guanidine groups is 1. The molecule has 11 heteroatoms. The van der Waals surface area contributed by atoms with Gasteiger partial charge in [0.2, 0.25) is 11.8 Å². The number of nitrogens with one attached hydrogen (secondary N) is 4. The van der Waals surface area contributed by atoms with Crippen LogP contribution in [0.15, 0.2) is 114 Å². The lowest BCUT2D eigenvalue weighted by Gasteiger charge is -2.21. The molecule has 0 aliphatic heterocycles. The highest BCUT2D eigenvalue weighted by molar-refractivity contribution is 5.99. The first-order chi connectivity index (χ1) is 22.8. The SMILES string of the molecule is NC(N)=NCCNC(=O)c1cccc(-c2cccc(NC(=O)[C@H](Cc3c[nH]c4ccccc34)NC(=O)[C@@H](N)Cc3ccccc3)c2)c1. The van der Waals surface area contributed by atoms with E-state index in [-0.39, 0.29) is 37.3 Å². The van der Waals surface area contributed by atoms with Crippen LogP contribution in [0.4, 0.5) is 5.69 Å². The van der Waals surface area contributed by atoms with Gasteiger partial charge in [-0.05, 0) is 59.0 Å². The van der Waals surface area contributed by atoms with Crippen LogP contribution in [0.1, 0.15) is 21.5 Å². The van der Waals surface area contributed by atoms with E-state index in [9.17, 15) is 14.4 Å². The minimum absolute atomic E-state index is 0.0356. The number of aromatic nitrogens is 1. The third-order valence-corrected chi connectivity index (χ3v) is 7.65. The zero-order chi connectivity index (χ0) is 33.2. The lowest BCUT2D eigenvalue weighted by atomic mass is 10.0. The van der Waals surface area contributed by atoms with Crippen molar-refractivity contribution in [1.82, 2.24) is 15.6 Å². The van der Waals surface area contributed by atoms with E-state index in [2.05, 4.69) is 25.9 Å². The number of benzene rings is 4. The van der Waals surface area contributed by atoms with Crippen LogP contribution in [0, 0.1) is 0 Å². The van der Waals surface area contributed by atoms with Crippen molar-refractivity contribution in [3.05, 3.63) is 126 Å². The molecule has 0 bridgehead atoms. The molecular weight excluding hydrogens is 592 g/mol. The van der Waals surface area contributed by atoms with Crippen LogP contribution in [0.5, 0.6) is 0 Å². The van der Waals surface area contributed by atoms with Crippen LogP contribution >= 0.6 is 0 Å². The van der Waals surface area contributed by atoms with E-state index in [0.717, 1.165) is 33.2 Å². The fourth-order valence-electron chi connectivity index (χ4n) is 5.27. The summed E-state index contributed by atoms with van der Waals surface area (Å²) in [6.07, 6.45) is 2.44. The average molecular weight is 631 g/mol. The Hall–Kier alpha value is -5.94. The summed E-state index contributed by atoms with van der Waals surface area (Å²) >= 11 is 0. The summed E-state index contributed by atoms with van der Waals surface area (Å²) in [6.45, 7) is 0.562. The van der Waals surface area contributed by atoms with Crippen molar-refractivity contribution in [3.8, 4) is 11.1 Å². The Balaban J connectivity index is 1.32. The van der Waals surface area contributed by atoms with Crippen molar-refractivity contribution >= 4 is 40.3 Å². The molecule has 47 heavy (non-hydrogen) atoms. The second kappa shape index (κ2) is 15.4. The lowest BCUT2D eigenvalue weighted by molar-refractivity contribution is -0.127. The third-order valence-electron chi connectivity index (χ3n) is 7.65. The van der Waals surface area contributed by atoms with E-state index in [0.29, 0.717) is 17.7 Å². The smallest absolute Gasteiger partial charge is 0.251 e. The fourth-order valence-corrected chi connectivity index (χ4v) is 5.27. The van der Waals surface area contributed by atoms with Crippen molar-refractivity contribution in [2.24, 2.45) is 22.2 Å². The number of para-hydroxylation sites is 1. The van der Waals surface area contributed by atoms with Gasteiger partial charge in [-0.15, -0.1) is 0 Å². The number of aliphatic imine (C=N–C) groups is 1. The van der Waals surface area contributed by atoms with E-state index >= 15 is 0 Å². The van der Waals surface area contributed by atoms with E-state index in [1.54, 1.807) is 24.3 Å². The molecule has 240 valence electrons. The monoisotopic (exact) mass is 630 g/mol. The fraction of sp³-hybridized carbons (Fsp3) is 0.167. The standard InChI is InChI=1S/C36H38N8O3/c37-30(18-23-8-2-1-3-9-23)34(46)44-32(21-27-22-42-31-15-5-4-14-29(27)31)35(47)43-28-13-7-11-25(20-28)24-10-6-12-26(19-24)33(45)40-16-17-41-36(38)39/h1-15,19-20,22,30,32,42H,16-18,21,37H2,(H,40,45)(H,43,47)(H,44,46)(H4,38,39,41)/t30-,32-/m0/s1. The first-order valence-corrected chi connectivity index (χ1v) is 15.3. The Kier molecular flexibility index (Phi) is 10.6. The van der Waals surface area contributed by atoms with Gasteiger partial charge >= 0.3 is 0 Å². The van der Waals surface area contributed by atoms with Crippen molar-refractivity contribution in [1.29, 1.82) is 0 Å². The molecular formula is C36H38N8O3. The molecule has 2 atom stereocenters. The number of nitrogens with zero attached hydrogens (tertiary/aromatic N) is 1. The highest BCUT2D eigenvalue weighted by Crippen LogP contribution is 2.25. The molecule has 1 heterocycles. The Morgan fingerprint density at radius 1 is 0.787 bits per heavy atom. The van der Waals surface area contributed by atoms with Crippen molar-refractivity contribution in [3.63, 3.8) is 0 Å². The number of fused-ring (bicyclic) bond motifs is 1. The normalized spacial score (nSPS) is 12.1. The zero-order valence-electron chi connectivity index (χ0n) is 25.8. The summed E-state index contributed by atoms with van der Waals surface area (Å²) in [7, 11) is 0. The minimum atomic E-state index is -0.904. The highest BCUT2D eigenvalue weighted by atomic mass is 16.2. The van der Waals surface area contributed by atoms with Gasteiger partial charge < -0.3 is 38.1 Å². The van der Waals surface area contributed by atoms with Gasteiger partial charge in [0.25, 0.3) is 5.91 Å². The predicted molar refractivity (Wildman–Crippen MR) is 186 cm³/mol. The molecule has 0 aliphatic carbocycles. The first kappa shape index (κ1) is 32.5. The first-order valence-electron chi connectivity index (χ1n) is 15.3. The van der Waals surface area contributed by atoms with Crippen molar-refractivity contribution < 1.29 is 14.4 Å². The molecule has 0 radical (unpaired) electrons. The molecule has 10 N–H and O–H groups in total. The number of hydrogen-bond donors (Lipinski definition) is 7. The number of rotatable bonds is 13. The second-order valence-corrected chi connectivity index (χ2v) is 11.1. The van der Waals surface area contributed by atoms with Crippen molar-refractivity contribution in [2.45, 2.75) is 24.9 Å². The summed E-state index contributed by atoms with van der Waals surface area (Å²) in [5.41, 5.74) is 22.3. The Bertz CT molecular complexity index is 1880. The maximum absolute atomic E-state index is 13.8. The van der Waals surface area contributed by atoms with Gasteiger partial charge in [0.05, 0.1) is 12.6 Å². The van der Waals surface area contributed by atoms with Gasteiger partial charge in [-0.25, -0.2) is 0 Å². The van der Waals surface area contributed by atoms with Crippen LogP contribution in [0.3, 0.4) is 0 Å². The van der Waals surface area contributed by atoms with Crippen LogP contribution in [-0.4, -0.2) is 53.8 Å². The molecule has 0 aliphatic rings. The van der Waals surface area contributed by atoms with Crippen LogP contribution in [0.25, 0.3) is 22.0 Å². The number of anilines is 1. The number of carbonyl (C=O) groups is 3. The predicted octanol–water partition coefficient (Wildman–Crippen LogP) is 3.07. The summed E-state index contributed by atoms with van der Waals surface area (Å²) in [6, 6.07) is 30.0. The number of H-pyrrole nitrogens is 1. The maximum atomic E-state index is 13.8. The minimum Gasteiger partial charge on any atom is -0.370 e. The van der Waals surface area contributed by atoms with Crippen LogP contribution in [-0.2, 0) is 22.4 Å². The average Bonchev–Trinajstić information content (AvgIpc) is 3.49. The molecule has 4 aromatic carbocycles. The summed E-state index contributed by atoms with van der Waals surface area (Å²) in [4.78, 5) is 46.9. The number of amides is 3. The van der Waals surface area contributed by atoms with Crippen LogP contribution in [0.2, 0.25) is 0 Å². The van der Waals surface area contributed by atoms with Gasteiger partial charge in [-0.3, -0.25) is 19.4 Å². The van der Waals surface area contributed by atoms with E-state index in [4.69, 9.17) is 17.2 Å². The molecule has 0 fully saturated rings. The van der Waals surface area contributed by atoms with Gasteiger partial charge in [0.15, 0.2) is 5.96 Å². The summed E-state index contributed by atoms with van der Waals surface area (Å²) < 4.78 is 0. The third kappa shape index (κ3) is 8.83. The Morgan fingerprint density at radius 2 is 1.51 bits per heavy atom. The molecule has 1 aromatic heterocycles. The number of carbonyl (C=O) groups excluding carboxylic acids is 3. The molecule has 3 amide bonds. The molecule has 0 spiro atoms. The zero-order valence-corrected chi connectivity index (χ0v) is 25.8. The second-order valence-electron chi connectivity index (χ2n) is 11.1. The van der Waals surface area contributed by atoms with Crippen LogP contribution < -0.4 is 33.2 Å². The number of hydrogen-bond acceptors (Lipinski definition) is 5. The van der Waals surface area contributed by atoms with E-state index in [1.165, 1.54) is 0 Å². The Morgan fingerprint density at radius 3 is 2.30 bits per heavy atom. The quantitative estimate of drug-likeness (QED) is 0.0593. The molecule has 0 unspecified atom stereocenters. The maximum Gasteiger partial charge on any atom is 0.251 e. The van der Waals surface area contributed by atoms with Gasteiger partial charge in [-0.2, -0.15) is 0 Å². The summed E-state index contributed by atoms with van der Waals surface area (Å²) in [5.74, 6) is -1.10. The van der Waals surface area contributed by atoms with Gasteiger partial charge in [0.1, 0.15) is 6.04 Å². The summed E-state index contributed by atoms with van der Waals surface area (Å²) in [5, 5.41) is 9.62. The highest BCUT2D eigenvalue weighted by Gasteiger charge is 2.25. The topological polar surface area (TPSA) is 194 Å². The molecule has 0 saturated heterocycles. The van der Waals surface area contributed by atoms with Gasteiger partial charge in [-0.1, -0.05) is 72.8 Å². The molecule has 5 rings (SSSR count). The number of nitrogens with two attached hydrogens (primary N) is 3. The largest absolute Gasteiger partial charge is 0.370 e. The van der Waals surface area contributed by atoms with E-state index < -0.39 is 18.0 Å².